The Labute approximate surface area is 199 Å². The molecule has 0 aromatic heterocycles. The van der Waals surface area contributed by atoms with E-state index in [0.717, 1.165) is 17.1 Å². The zero-order valence-corrected chi connectivity index (χ0v) is 21.6. The molecule has 0 bridgehead atoms. The number of anilines is 3. The van der Waals surface area contributed by atoms with Gasteiger partial charge in [-0.15, -0.1) is 0 Å². The molecule has 33 heavy (non-hydrogen) atoms. The van der Waals surface area contributed by atoms with Gasteiger partial charge in [0, 0.05) is 20.1 Å². The standard InChI is InChI=1S/C23H32ClN3O5S/c1-8-12-11-15(23(4,5)22(12,2)3)26-17-16(19(29)20(17)30)25-14-10-9-13(24)21(18(14)28)33(31,32)27(6)7/h9-10,12,15,25-26,28H,8,11H2,1-7H3. The van der Waals surface area contributed by atoms with E-state index in [0.29, 0.717) is 5.92 Å². The Hall–Kier alpha value is -2.10. The minimum Gasteiger partial charge on any atom is -0.504 e. The number of nitrogens with one attached hydrogen (secondary N) is 2. The molecule has 1 aliphatic rings. The van der Waals surface area contributed by atoms with Gasteiger partial charge in [-0.05, 0) is 35.3 Å². The largest absolute Gasteiger partial charge is 0.504 e. The Morgan fingerprint density at radius 3 is 2.18 bits per heavy atom. The average Bonchev–Trinajstić information content (AvgIpc) is 2.89. The number of benzene rings is 1. The summed E-state index contributed by atoms with van der Waals surface area (Å²) < 4.78 is 26.1. The van der Waals surface area contributed by atoms with Gasteiger partial charge in [0.25, 0.3) is 10.9 Å². The highest BCUT2D eigenvalue weighted by Gasteiger charge is 2.54. The van der Waals surface area contributed by atoms with Gasteiger partial charge in [0.2, 0.25) is 10.0 Å². The Morgan fingerprint density at radius 2 is 1.67 bits per heavy atom. The number of halogens is 1. The summed E-state index contributed by atoms with van der Waals surface area (Å²) in [6.45, 7) is 10.9. The smallest absolute Gasteiger partial charge is 0.253 e. The fourth-order valence-electron chi connectivity index (χ4n) is 4.80. The fraction of sp³-hybridized carbons (Fsp3) is 0.565. The van der Waals surface area contributed by atoms with E-state index in [1.165, 1.54) is 26.2 Å². The van der Waals surface area contributed by atoms with E-state index in [9.17, 15) is 23.1 Å². The van der Waals surface area contributed by atoms with Crippen molar-refractivity contribution in [2.45, 2.75) is 58.4 Å². The molecule has 0 heterocycles. The monoisotopic (exact) mass is 497 g/mol. The predicted octanol–water partition coefficient (Wildman–Crippen LogP) is 3.90. The number of phenolic OH excluding ortho intramolecular Hbond substituents is 1. The zero-order valence-electron chi connectivity index (χ0n) is 20.0. The Bertz CT molecular complexity index is 1260. The summed E-state index contributed by atoms with van der Waals surface area (Å²) in [5, 5.41) is 16.6. The highest BCUT2D eigenvalue weighted by Crippen LogP contribution is 2.57. The van der Waals surface area contributed by atoms with E-state index in [1.807, 2.05) is 0 Å². The third-order valence-corrected chi connectivity index (χ3v) is 10.2. The van der Waals surface area contributed by atoms with Crippen LogP contribution < -0.4 is 21.5 Å². The van der Waals surface area contributed by atoms with E-state index < -0.39 is 31.5 Å². The van der Waals surface area contributed by atoms with Crippen LogP contribution in [0.3, 0.4) is 0 Å². The minimum absolute atomic E-state index is 0.000576. The normalized spacial score (nSPS) is 22.1. The number of phenols is 1. The van der Waals surface area contributed by atoms with Crippen molar-refractivity contribution in [2.24, 2.45) is 16.7 Å². The summed E-state index contributed by atoms with van der Waals surface area (Å²) in [4.78, 5) is 24.3. The van der Waals surface area contributed by atoms with E-state index >= 15 is 0 Å². The lowest BCUT2D eigenvalue weighted by atomic mass is 9.65. The molecule has 0 amide bonds. The number of nitrogens with zero attached hydrogens (tertiary/aromatic N) is 1. The van der Waals surface area contributed by atoms with Crippen LogP contribution in [0.15, 0.2) is 26.6 Å². The van der Waals surface area contributed by atoms with E-state index in [4.69, 9.17) is 11.6 Å². The SMILES string of the molecule is CCC1CC(Nc2c(Nc3ccc(Cl)c(S(=O)(=O)N(C)C)c3O)c(=O)c2=O)C(C)(C)C1(C)C. The molecule has 2 aromatic rings. The highest BCUT2D eigenvalue weighted by atomic mass is 35.5. The maximum absolute atomic E-state index is 12.6. The van der Waals surface area contributed by atoms with Crippen LogP contribution in [0.25, 0.3) is 0 Å². The zero-order chi connectivity index (χ0) is 25.1. The van der Waals surface area contributed by atoms with Crippen LogP contribution in [-0.2, 0) is 10.0 Å². The van der Waals surface area contributed by atoms with Crippen molar-refractivity contribution in [3.05, 3.63) is 37.6 Å². The molecule has 2 unspecified atom stereocenters. The van der Waals surface area contributed by atoms with Gasteiger partial charge in [0.05, 0.1) is 10.7 Å². The van der Waals surface area contributed by atoms with E-state index in [2.05, 4.69) is 45.3 Å². The Balaban J connectivity index is 1.98. The van der Waals surface area contributed by atoms with Gasteiger partial charge in [0.15, 0.2) is 5.75 Å². The van der Waals surface area contributed by atoms with Crippen molar-refractivity contribution in [1.29, 1.82) is 0 Å². The quantitative estimate of drug-likeness (QED) is 0.392. The molecule has 3 N–H and O–H groups in total. The van der Waals surface area contributed by atoms with Gasteiger partial charge < -0.3 is 15.7 Å². The lowest BCUT2D eigenvalue weighted by Crippen LogP contribution is -2.44. The number of sulfonamides is 1. The van der Waals surface area contributed by atoms with Gasteiger partial charge in [-0.1, -0.05) is 52.6 Å². The molecule has 2 aromatic carbocycles. The molecule has 2 atom stereocenters. The van der Waals surface area contributed by atoms with Crippen molar-refractivity contribution >= 4 is 38.7 Å². The summed E-state index contributed by atoms with van der Waals surface area (Å²) >= 11 is 6.05. The summed E-state index contributed by atoms with van der Waals surface area (Å²) in [5.74, 6) is -0.171. The molecule has 1 aliphatic carbocycles. The molecule has 0 aliphatic heterocycles. The molecular weight excluding hydrogens is 466 g/mol. The van der Waals surface area contributed by atoms with E-state index in [1.54, 1.807) is 0 Å². The van der Waals surface area contributed by atoms with Crippen molar-refractivity contribution in [2.75, 3.05) is 24.7 Å². The predicted molar refractivity (Wildman–Crippen MR) is 132 cm³/mol. The highest BCUT2D eigenvalue weighted by molar-refractivity contribution is 7.89. The fourth-order valence-corrected chi connectivity index (χ4v) is 6.28. The molecule has 10 heteroatoms. The Kier molecular flexibility index (Phi) is 6.41. The van der Waals surface area contributed by atoms with Crippen molar-refractivity contribution in [3.8, 4) is 5.75 Å². The third-order valence-electron chi connectivity index (χ3n) is 7.88. The first-order valence-electron chi connectivity index (χ1n) is 10.9. The lowest BCUT2D eigenvalue weighted by molar-refractivity contribution is 0.0995. The molecule has 0 radical (unpaired) electrons. The second kappa shape index (κ2) is 8.29. The van der Waals surface area contributed by atoms with Crippen LogP contribution in [0.4, 0.5) is 17.1 Å². The molecule has 0 spiro atoms. The van der Waals surface area contributed by atoms with Crippen LogP contribution in [-0.4, -0.2) is 38.0 Å². The van der Waals surface area contributed by atoms with Crippen LogP contribution >= 0.6 is 11.6 Å². The first kappa shape index (κ1) is 25.5. The van der Waals surface area contributed by atoms with Gasteiger partial charge in [0.1, 0.15) is 16.3 Å². The summed E-state index contributed by atoms with van der Waals surface area (Å²) in [7, 11) is -1.42. The summed E-state index contributed by atoms with van der Waals surface area (Å²) in [6, 6.07) is 2.64. The lowest BCUT2D eigenvalue weighted by Gasteiger charge is -2.42. The first-order chi connectivity index (χ1) is 15.1. The molecule has 8 nitrogen and oxygen atoms in total. The van der Waals surface area contributed by atoms with Gasteiger partial charge in [-0.25, -0.2) is 12.7 Å². The van der Waals surface area contributed by atoms with Crippen LogP contribution in [0.1, 0.15) is 47.5 Å². The first-order valence-corrected chi connectivity index (χ1v) is 12.7. The van der Waals surface area contributed by atoms with E-state index in [-0.39, 0.29) is 39.0 Å². The maximum Gasteiger partial charge on any atom is 0.253 e. The third kappa shape index (κ3) is 3.84. The van der Waals surface area contributed by atoms with Crippen molar-refractivity contribution in [3.63, 3.8) is 0 Å². The van der Waals surface area contributed by atoms with Gasteiger partial charge in [-0.2, -0.15) is 0 Å². The minimum atomic E-state index is -4.05. The van der Waals surface area contributed by atoms with Gasteiger partial charge >= 0.3 is 0 Å². The Morgan fingerprint density at radius 1 is 1.09 bits per heavy atom. The van der Waals surface area contributed by atoms with Crippen molar-refractivity contribution < 1.29 is 13.5 Å². The summed E-state index contributed by atoms with van der Waals surface area (Å²) in [6.07, 6.45) is 1.86. The van der Waals surface area contributed by atoms with Crippen LogP contribution in [0.2, 0.25) is 5.02 Å². The van der Waals surface area contributed by atoms with Crippen LogP contribution in [0, 0.1) is 16.7 Å². The molecule has 3 rings (SSSR count). The topological polar surface area (TPSA) is 116 Å². The molecule has 1 saturated carbocycles. The number of rotatable bonds is 7. The second-order valence-corrected chi connectivity index (χ2v) is 12.6. The van der Waals surface area contributed by atoms with Crippen LogP contribution in [0.5, 0.6) is 5.75 Å². The molecule has 1 fully saturated rings. The molecule has 0 saturated heterocycles. The average molecular weight is 498 g/mol. The van der Waals surface area contributed by atoms with Gasteiger partial charge in [-0.3, -0.25) is 9.59 Å². The number of hydrogen-bond acceptors (Lipinski definition) is 7. The number of aromatic hydroxyl groups is 1. The molecular formula is C23H32ClN3O5S. The molecule has 182 valence electrons. The maximum atomic E-state index is 12.6. The van der Waals surface area contributed by atoms with Crippen molar-refractivity contribution in [1.82, 2.24) is 4.31 Å². The second-order valence-electron chi connectivity index (χ2n) is 10.1. The summed E-state index contributed by atoms with van der Waals surface area (Å²) in [5.41, 5.74) is -1.38. The number of hydrogen-bond donors (Lipinski definition) is 3.